The first-order valence-corrected chi connectivity index (χ1v) is 7.08. The first-order chi connectivity index (χ1) is 9.81. The Morgan fingerprint density at radius 1 is 1.38 bits per heavy atom. The van der Waals surface area contributed by atoms with Gasteiger partial charge >= 0.3 is 0 Å². The fraction of sp³-hybridized carbons (Fsp3) is 0.562. The van der Waals surface area contributed by atoms with E-state index in [1.165, 1.54) is 0 Å². The molecule has 1 aromatic rings. The van der Waals surface area contributed by atoms with E-state index in [4.69, 9.17) is 10.5 Å². The maximum Gasteiger partial charge on any atom is 0.240 e. The van der Waals surface area contributed by atoms with Crippen LogP contribution < -0.4 is 10.5 Å². The highest BCUT2D eigenvalue weighted by Gasteiger charge is 2.31. The lowest BCUT2D eigenvalue weighted by Crippen LogP contribution is -2.50. The number of carbonyl (C=O) groups excluding carboxylic acids is 1. The molecule has 1 atom stereocenters. The lowest BCUT2D eigenvalue weighted by molar-refractivity contribution is -0.136. The minimum Gasteiger partial charge on any atom is -0.496 e. The van der Waals surface area contributed by atoms with Crippen LogP contribution in [0.2, 0.25) is 0 Å². The molecular formula is C16H26N2O3. The molecule has 5 nitrogen and oxygen atoms in total. The number of aliphatic hydroxyl groups excluding tert-OH is 1. The van der Waals surface area contributed by atoms with Gasteiger partial charge in [-0.2, -0.15) is 0 Å². The summed E-state index contributed by atoms with van der Waals surface area (Å²) in [5.41, 5.74) is 6.61. The fourth-order valence-corrected chi connectivity index (χ4v) is 1.99. The van der Waals surface area contributed by atoms with Crippen LogP contribution in [-0.4, -0.2) is 42.2 Å². The maximum absolute atomic E-state index is 12.5. The molecular weight excluding hydrogens is 268 g/mol. The van der Waals surface area contributed by atoms with Crippen molar-refractivity contribution in [3.05, 3.63) is 29.8 Å². The molecule has 0 bridgehead atoms. The van der Waals surface area contributed by atoms with Gasteiger partial charge < -0.3 is 20.5 Å². The summed E-state index contributed by atoms with van der Waals surface area (Å²) in [5, 5.41) is 9.21. The van der Waals surface area contributed by atoms with E-state index in [9.17, 15) is 9.90 Å². The van der Waals surface area contributed by atoms with Crippen LogP contribution in [0.3, 0.4) is 0 Å². The largest absolute Gasteiger partial charge is 0.496 e. The van der Waals surface area contributed by atoms with Crippen LogP contribution in [0, 0.1) is 5.41 Å². The molecule has 0 saturated carbocycles. The summed E-state index contributed by atoms with van der Waals surface area (Å²) in [6.45, 7) is 6.30. The molecule has 0 saturated heterocycles. The van der Waals surface area contributed by atoms with Crippen LogP contribution in [0.15, 0.2) is 24.3 Å². The molecule has 0 aliphatic heterocycles. The molecule has 1 amide bonds. The van der Waals surface area contributed by atoms with Gasteiger partial charge in [-0.05, 0) is 11.5 Å². The van der Waals surface area contributed by atoms with Crippen molar-refractivity contribution in [2.75, 3.05) is 20.3 Å². The number of ether oxygens (including phenoxy) is 1. The highest BCUT2D eigenvalue weighted by atomic mass is 16.5. The normalized spacial score (nSPS) is 12.9. The van der Waals surface area contributed by atoms with Crippen molar-refractivity contribution in [1.82, 2.24) is 4.90 Å². The molecule has 0 aromatic heterocycles. The van der Waals surface area contributed by atoms with Gasteiger partial charge in [0.1, 0.15) is 5.75 Å². The lowest BCUT2D eigenvalue weighted by atomic mass is 9.86. The third-order valence-corrected chi connectivity index (χ3v) is 3.43. The molecule has 3 N–H and O–H groups in total. The minimum absolute atomic E-state index is 0.0995. The first-order valence-electron chi connectivity index (χ1n) is 7.08. The quantitative estimate of drug-likeness (QED) is 0.831. The summed E-state index contributed by atoms with van der Waals surface area (Å²) in [7, 11) is 1.60. The second-order valence-corrected chi connectivity index (χ2v) is 6.14. The third-order valence-electron chi connectivity index (χ3n) is 3.43. The van der Waals surface area contributed by atoms with Crippen molar-refractivity contribution < 1.29 is 14.6 Å². The zero-order valence-electron chi connectivity index (χ0n) is 13.3. The van der Waals surface area contributed by atoms with E-state index in [0.717, 1.165) is 11.3 Å². The monoisotopic (exact) mass is 294 g/mol. The Morgan fingerprint density at radius 3 is 2.52 bits per heavy atom. The first kappa shape index (κ1) is 17.5. The molecule has 0 unspecified atom stereocenters. The molecule has 0 aliphatic rings. The number of carbonyl (C=O) groups is 1. The van der Waals surface area contributed by atoms with Gasteiger partial charge in [0.25, 0.3) is 0 Å². The van der Waals surface area contributed by atoms with Gasteiger partial charge in [-0.15, -0.1) is 0 Å². The van der Waals surface area contributed by atoms with Gasteiger partial charge in [0, 0.05) is 18.7 Å². The van der Waals surface area contributed by atoms with Gasteiger partial charge in [0.05, 0.1) is 19.8 Å². The van der Waals surface area contributed by atoms with Crippen molar-refractivity contribution in [3.8, 4) is 5.75 Å². The summed E-state index contributed by atoms with van der Waals surface area (Å²) in [6.07, 6.45) is 0. The lowest BCUT2D eigenvalue weighted by Gasteiger charge is -2.32. The SMILES string of the molecule is COc1ccccc1CN(CCO)C(=O)[C@H](N)C(C)(C)C. The average molecular weight is 294 g/mol. The van der Waals surface area contributed by atoms with E-state index >= 15 is 0 Å². The van der Waals surface area contributed by atoms with Crippen LogP contribution in [-0.2, 0) is 11.3 Å². The van der Waals surface area contributed by atoms with Crippen LogP contribution in [0.5, 0.6) is 5.75 Å². The smallest absolute Gasteiger partial charge is 0.240 e. The predicted molar refractivity (Wildman–Crippen MR) is 82.9 cm³/mol. The van der Waals surface area contributed by atoms with Crippen molar-refractivity contribution >= 4 is 5.91 Å². The van der Waals surface area contributed by atoms with E-state index in [2.05, 4.69) is 0 Å². The van der Waals surface area contributed by atoms with Crippen LogP contribution in [0.4, 0.5) is 0 Å². The Morgan fingerprint density at radius 2 is 2.00 bits per heavy atom. The highest BCUT2D eigenvalue weighted by molar-refractivity contribution is 5.82. The number of para-hydroxylation sites is 1. The Kier molecular flexibility index (Phi) is 6.18. The van der Waals surface area contributed by atoms with Crippen molar-refractivity contribution in [2.24, 2.45) is 11.1 Å². The number of methoxy groups -OCH3 is 1. The van der Waals surface area contributed by atoms with Crippen molar-refractivity contribution in [1.29, 1.82) is 0 Å². The number of hydrogen-bond donors (Lipinski definition) is 2. The summed E-state index contributed by atoms with van der Waals surface area (Å²) < 4.78 is 5.30. The predicted octanol–water partition coefficient (Wildman–Crippen LogP) is 1.39. The second-order valence-electron chi connectivity index (χ2n) is 6.14. The molecule has 118 valence electrons. The topological polar surface area (TPSA) is 75.8 Å². The average Bonchev–Trinajstić information content (AvgIpc) is 2.44. The molecule has 5 heteroatoms. The van der Waals surface area contributed by atoms with Crippen molar-refractivity contribution in [3.63, 3.8) is 0 Å². The van der Waals surface area contributed by atoms with Gasteiger partial charge in [-0.1, -0.05) is 39.0 Å². The van der Waals surface area contributed by atoms with E-state index in [-0.39, 0.29) is 24.5 Å². The van der Waals surface area contributed by atoms with Gasteiger partial charge in [-0.3, -0.25) is 4.79 Å². The number of nitrogens with two attached hydrogens (primary N) is 1. The molecule has 0 radical (unpaired) electrons. The zero-order chi connectivity index (χ0) is 16.0. The van der Waals surface area contributed by atoms with Gasteiger partial charge in [0.2, 0.25) is 5.91 Å². The van der Waals surface area contributed by atoms with Crippen LogP contribution in [0.1, 0.15) is 26.3 Å². The number of aliphatic hydroxyl groups is 1. The van der Waals surface area contributed by atoms with Crippen LogP contribution >= 0.6 is 0 Å². The Hall–Kier alpha value is -1.59. The Labute approximate surface area is 126 Å². The molecule has 0 heterocycles. The number of benzene rings is 1. The molecule has 0 fully saturated rings. The molecule has 0 spiro atoms. The summed E-state index contributed by atoms with van der Waals surface area (Å²) >= 11 is 0. The molecule has 1 rings (SSSR count). The standard InChI is InChI=1S/C16H26N2O3/c1-16(2,3)14(17)15(20)18(9-10-19)11-12-7-5-6-8-13(12)21-4/h5-8,14,19H,9-11,17H2,1-4H3/t14-/m0/s1. The minimum atomic E-state index is -0.612. The second kappa shape index (κ2) is 7.43. The highest BCUT2D eigenvalue weighted by Crippen LogP contribution is 2.22. The summed E-state index contributed by atoms with van der Waals surface area (Å²) in [4.78, 5) is 14.1. The third kappa shape index (κ3) is 4.72. The van der Waals surface area contributed by atoms with Gasteiger partial charge in [-0.25, -0.2) is 0 Å². The zero-order valence-corrected chi connectivity index (χ0v) is 13.3. The molecule has 21 heavy (non-hydrogen) atoms. The molecule has 1 aromatic carbocycles. The van der Waals surface area contributed by atoms with E-state index < -0.39 is 6.04 Å². The van der Waals surface area contributed by atoms with Crippen LogP contribution in [0.25, 0.3) is 0 Å². The van der Waals surface area contributed by atoms with E-state index in [1.807, 2.05) is 45.0 Å². The summed E-state index contributed by atoms with van der Waals surface area (Å²) in [6, 6.07) is 6.91. The fourth-order valence-electron chi connectivity index (χ4n) is 1.99. The number of hydrogen-bond acceptors (Lipinski definition) is 4. The Balaban J connectivity index is 2.94. The number of nitrogens with zero attached hydrogens (tertiary/aromatic N) is 1. The molecule has 0 aliphatic carbocycles. The number of rotatable bonds is 6. The Bertz CT molecular complexity index is 469. The van der Waals surface area contributed by atoms with E-state index in [1.54, 1.807) is 12.0 Å². The summed E-state index contributed by atoms with van der Waals surface area (Å²) in [5.74, 6) is 0.556. The van der Waals surface area contributed by atoms with E-state index in [0.29, 0.717) is 6.54 Å². The maximum atomic E-state index is 12.5. The van der Waals surface area contributed by atoms with Gasteiger partial charge in [0.15, 0.2) is 0 Å². The van der Waals surface area contributed by atoms with Crippen molar-refractivity contribution in [2.45, 2.75) is 33.4 Å². The number of amides is 1.